The fraction of sp³-hybridized carbons (Fsp3) is 0.625. The maximum Gasteiger partial charge on any atom is 0.281 e. The number of benzene rings is 2. The van der Waals surface area contributed by atoms with Gasteiger partial charge in [0.05, 0.1) is 28.0 Å². The van der Waals surface area contributed by atoms with Crippen LogP contribution in [0.1, 0.15) is 154 Å². The number of piperidine rings is 1. The van der Waals surface area contributed by atoms with Crippen LogP contribution in [0.4, 0.5) is 0 Å². The predicted octanol–water partition coefficient (Wildman–Crippen LogP) is 9.08. The number of allylic oxidation sites excluding steroid dienone is 1. The lowest BCUT2D eigenvalue weighted by Crippen LogP contribution is -2.57. The molecule has 11 heteroatoms. The number of likely N-dealkylation sites (tertiary alicyclic amines) is 2. The zero-order chi connectivity index (χ0) is 42.6. The highest BCUT2D eigenvalue weighted by atomic mass is 79.9. The van der Waals surface area contributed by atoms with Gasteiger partial charge in [0.15, 0.2) is 5.78 Å². The summed E-state index contributed by atoms with van der Waals surface area (Å²) < 4.78 is 3.15. The molecule has 10 nitrogen and oxygen atoms in total. The first-order valence-electron chi connectivity index (χ1n) is 22.6. The average Bonchev–Trinajstić information content (AvgIpc) is 3.82. The highest BCUT2D eigenvalue weighted by Gasteiger charge is 2.47. The van der Waals surface area contributed by atoms with Crippen molar-refractivity contribution in [2.75, 3.05) is 26.7 Å². The summed E-state index contributed by atoms with van der Waals surface area (Å²) in [5.74, 6) is 8.24. The summed E-state index contributed by atoms with van der Waals surface area (Å²) in [7, 11) is 2.22. The lowest BCUT2D eigenvalue weighted by Gasteiger charge is -2.39. The first kappa shape index (κ1) is 45.0. The molecule has 5 aliphatic rings. The van der Waals surface area contributed by atoms with Crippen molar-refractivity contribution in [3.8, 4) is 5.69 Å². The van der Waals surface area contributed by atoms with Gasteiger partial charge in [0.2, 0.25) is 5.91 Å². The molecule has 0 bridgehead atoms. The number of ketones is 1. The van der Waals surface area contributed by atoms with Gasteiger partial charge >= 0.3 is 0 Å². The number of hydrogen-bond acceptors (Lipinski definition) is 8. The van der Waals surface area contributed by atoms with Crippen molar-refractivity contribution in [2.45, 2.75) is 155 Å². The molecule has 2 aromatic carbocycles. The number of nitrogens with two attached hydrogens (primary N) is 2. The van der Waals surface area contributed by atoms with Crippen molar-refractivity contribution in [1.82, 2.24) is 24.4 Å². The maximum atomic E-state index is 13.3. The molecule has 2 saturated carbocycles. The third-order valence-corrected chi connectivity index (χ3v) is 14.4. The fourth-order valence-electron chi connectivity index (χ4n) is 10.6. The quantitative estimate of drug-likeness (QED) is 0.185. The largest absolute Gasteiger partial charge is 0.401 e. The number of halogens is 1. The molecule has 2 saturated heterocycles. The molecular formula is C48H70BrN7O3. The van der Waals surface area contributed by atoms with Crippen molar-refractivity contribution in [2.24, 2.45) is 22.9 Å². The van der Waals surface area contributed by atoms with Crippen molar-refractivity contribution in [1.29, 1.82) is 0 Å². The van der Waals surface area contributed by atoms with Crippen LogP contribution in [-0.4, -0.2) is 74.8 Å². The molecule has 322 valence electrons. The fourth-order valence-corrected chi connectivity index (χ4v) is 11.2. The summed E-state index contributed by atoms with van der Waals surface area (Å²) in [4.78, 5) is 47.2. The minimum atomic E-state index is -0.551. The monoisotopic (exact) mass is 871 g/mol. The Morgan fingerprint density at radius 3 is 2.24 bits per heavy atom. The van der Waals surface area contributed by atoms with Gasteiger partial charge < -0.3 is 20.5 Å². The van der Waals surface area contributed by atoms with Gasteiger partial charge in [-0.05, 0) is 141 Å². The second kappa shape index (κ2) is 19.0. The molecule has 0 radical (unpaired) electrons. The number of hydrogen-bond donors (Lipinski definition) is 2. The SMILES string of the molecule is CC.CC(=O)C1CCCN1C(=O)C(N(N)/C=C(\N)C1CCCCC1)C(C)(C)C.CN1CCC(c2ccc3c(c2)-n2c(nc(=O)c4c(Br)cccc42)C32CCCCC2)CC1. The van der Waals surface area contributed by atoms with Crippen LogP contribution in [0.15, 0.2) is 57.6 Å². The summed E-state index contributed by atoms with van der Waals surface area (Å²) >= 11 is 3.61. The highest BCUT2D eigenvalue weighted by molar-refractivity contribution is 9.10. The van der Waals surface area contributed by atoms with E-state index < -0.39 is 6.04 Å². The first-order valence-corrected chi connectivity index (χ1v) is 23.4. The van der Waals surface area contributed by atoms with Crippen LogP contribution >= 0.6 is 15.9 Å². The Kier molecular flexibility index (Phi) is 14.5. The van der Waals surface area contributed by atoms with Crippen LogP contribution in [0.3, 0.4) is 0 Å². The lowest BCUT2D eigenvalue weighted by molar-refractivity contribution is -0.144. The van der Waals surface area contributed by atoms with E-state index in [9.17, 15) is 14.4 Å². The number of nitrogens with zero attached hydrogens (tertiary/aromatic N) is 5. The van der Waals surface area contributed by atoms with Crippen LogP contribution < -0.4 is 17.1 Å². The highest BCUT2D eigenvalue weighted by Crippen LogP contribution is 2.52. The number of carbonyl (C=O) groups is 2. The molecule has 2 aliphatic carbocycles. The summed E-state index contributed by atoms with van der Waals surface area (Å²) in [6, 6.07) is 12.4. The Balaban J connectivity index is 0.000000194. The van der Waals surface area contributed by atoms with Gasteiger partial charge in [-0.1, -0.05) is 91.3 Å². The number of amides is 1. The number of hydrazine groups is 1. The molecule has 1 amide bonds. The van der Waals surface area contributed by atoms with Gasteiger partial charge in [0, 0.05) is 22.9 Å². The number of rotatable bonds is 6. The zero-order valence-electron chi connectivity index (χ0n) is 36.9. The molecule has 1 spiro atoms. The van der Waals surface area contributed by atoms with Gasteiger partial charge in [-0.2, -0.15) is 4.98 Å². The van der Waals surface area contributed by atoms with E-state index in [0.29, 0.717) is 23.8 Å². The maximum absolute atomic E-state index is 13.3. The summed E-state index contributed by atoms with van der Waals surface area (Å²) in [6.45, 7) is 14.5. The molecule has 8 rings (SSSR count). The minimum Gasteiger partial charge on any atom is -0.401 e. The summed E-state index contributed by atoms with van der Waals surface area (Å²) in [6.07, 6.45) is 17.4. The van der Waals surface area contributed by atoms with E-state index in [0.717, 1.165) is 73.1 Å². The standard InChI is InChI=1S/C26H28BrN3O.C20H36N4O2.C2H6/c1-29-14-10-17(11-15-29)18-8-9-19-22(16-18)30-21-7-5-6-20(27)23(21)24(31)28-25(30)26(19)12-3-2-4-13-26;1-14(25)17-11-8-12-23(17)19(26)18(20(2,3)4)24(22)13-16(21)15-9-6-5-7-10-15;1-2/h5-9,16-17H,2-4,10-15H2,1H3;13,15,17-18H,5-12,21-22H2,1-4H3;1-2H3/b;16-13-;. The molecule has 4 heterocycles. The predicted molar refractivity (Wildman–Crippen MR) is 243 cm³/mol. The Hall–Kier alpha value is -3.54. The molecule has 2 unspecified atom stereocenters. The molecule has 3 aromatic rings. The number of carbonyl (C=O) groups excluding carboxylic acids is 2. The van der Waals surface area contributed by atoms with Crippen LogP contribution in [-0.2, 0) is 15.0 Å². The number of fused-ring (bicyclic) bond motifs is 7. The van der Waals surface area contributed by atoms with Gasteiger partial charge in [-0.25, -0.2) is 5.84 Å². The normalized spacial score (nSPS) is 21.5. The van der Waals surface area contributed by atoms with E-state index in [4.69, 9.17) is 16.6 Å². The van der Waals surface area contributed by atoms with E-state index in [-0.39, 0.29) is 34.1 Å². The van der Waals surface area contributed by atoms with E-state index >= 15 is 0 Å². The number of Topliss-reactive ketones (excluding diaryl/α,β-unsaturated/α-hetero) is 1. The second-order valence-corrected chi connectivity index (χ2v) is 19.5. The van der Waals surface area contributed by atoms with Crippen molar-refractivity contribution in [3.63, 3.8) is 0 Å². The molecule has 2 atom stereocenters. The zero-order valence-corrected chi connectivity index (χ0v) is 38.5. The third-order valence-electron chi connectivity index (χ3n) is 13.7. The van der Waals surface area contributed by atoms with Gasteiger partial charge in [-0.3, -0.25) is 19.0 Å². The molecule has 59 heavy (non-hydrogen) atoms. The third kappa shape index (κ3) is 9.23. The summed E-state index contributed by atoms with van der Waals surface area (Å²) in [5.41, 5.74) is 11.5. The van der Waals surface area contributed by atoms with Crippen molar-refractivity contribution >= 4 is 38.5 Å². The van der Waals surface area contributed by atoms with Gasteiger partial charge in [0.1, 0.15) is 11.9 Å². The van der Waals surface area contributed by atoms with Crippen LogP contribution in [0.5, 0.6) is 0 Å². The van der Waals surface area contributed by atoms with E-state index in [1.54, 1.807) is 18.0 Å². The van der Waals surface area contributed by atoms with Crippen LogP contribution in [0.25, 0.3) is 16.6 Å². The Morgan fingerprint density at radius 1 is 0.932 bits per heavy atom. The lowest BCUT2D eigenvalue weighted by atomic mass is 9.69. The number of aromatic nitrogens is 2. The van der Waals surface area contributed by atoms with Crippen molar-refractivity contribution in [3.05, 3.63) is 80.1 Å². The summed E-state index contributed by atoms with van der Waals surface area (Å²) in [5, 5.41) is 2.18. The van der Waals surface area contributed by atoms with Crippen molar-refractivity contribution < 1.29 is 9.59 Å². The first-order chi connectivity index (χ1) is 28.2. The smallest absolute Gasteiger partial charge is 0.281 e. The second-order valence-electron chi connectivity index (χ2n) is 18.7. The van der Waals surface area contributed by atoms with E-state index in [2.05, 4.69) is 56.7 Å². The molecule has 4 fully saturated rings. The molecule has 4 N–H and O–H groups in total. The Morgan fingerprint density at radius 2 is 1.59 bits per heavy atom. The van der Waals surface area contributed by atoms with E-state index in [1.165, 1.54) is 73.2 Å². The Bertz CT molecular complexity index is 2050. The molecule has 1 aromatic heterocycles. The van der Waals surface area contributed by atoms with E-state index in [1.807, 2.05) is 46.8 Å². The molecular weight excluding hydrogens is 802 g/mol. The van der Waals surface area contributed by atoms with Gasteiger partial charge in [0.25, 0.3) is 5.56 Å². The van der Waals surface area contributed by atoms with Gasteiger partial charge in [-0.15, -0.1) is 0 Å². The topological polar surface area (TPSA) is 131 Å². The van der Waals surface area contributed by atoms with Crippen LogP contribution in [0, 0.1) is 11.3 Å². The van der Waals surface area contributed by atoms with Crippen LogP contribution in [0.2, 0.25) is 0 Å². The minimum absolute atomic E-state index is 0.0457. The molecule has 3 aliphatic heterocycles. The average molecular weight is 873 g/mol. The Labute approximate surface area is 361 Å².